The minimum absolute atomic E-state index is 0.0120. The zero-order valence-corrected chi connectivity index (χ0v) is 21.5. The lowest BCUT2D eigenvalue weighted by Crippen LogP contribution is -2.51. The number of nitrogens with one attached hydrogen (secondary N) is 1. The van der Waals surface area contributed by atoms with Gasteiger partial charge in [-0.05, 0) is 41.7 Å². The van der Waals surface area contributed by atoms with Crippen molar-refractivity contribution in [3.8, 4) is 17.2 Å². The average Bonchev–Trinajstić information content (AvgIpc) is 3.33. The number of aromatic nitrogens is 2. The molecule has 10 heteroatoms. The highest BCUT2D eigenvalue weighted by molar-refractivity contribution is 5.84. The van der Waals surface area contributed by atoms with Gasteiger partial charge in [-0.2, -0.15) is 10.4 Å². The Bertz CT molecular complexity index is 1320. The van der Waals surface area contributed by atoms with Crippen molar-refractivity contribution in [3.63, 3.8) is 0 Å². The Labute approximate surface area is 221 Å². The summed E-state index contributed by atoms with van der Waals surface area (Å²) in [6, 6.07) is 13.0. The largest absolute Gasteiger partial charge is 0.378 e. The minimum Gasteiger partial charge on any atom is -0.378 e. The van der Waals surface area contributed by atoms with Gasteiger partial charge in [0.1, 0.15) is 18.0 Å². The lowest BCUT2D eigenvalue weighted by atomic mass is 9.99. The molecule has 3 aromatic rings. The summed E-state index contributed by atoms with van der Waals surface area (Å²) in [5, 5.41) is 17.8. The third-order valence-corrected chi connectivity index (χ3v) is 7.65. The maximum absolute atomic E-state index is 15.1. The van der Waals surface area contributed by atoms with Crippen LogP contribution < -0.4 is 11.1 Å². The van der Waals surface area contributed by atoms with Crippen LogP contribution in [0.1, 0.15) is 24.4 Å². The molecule has 0 saturated carbocycles. The summed E-state index contributed by atoms with van der Waals surface area (Å²) < 4.78 is 27.6. The van der Waals surface area contributed by atoms with Crippen molar-refractivity contribution in [1.82, 2.24) is 20.0 Å². The molecule has 1 aromatic heterocycles. The summed E-state index contributed by atoms with van der Waals surface area (Å²) in [5.41, 5.74) is 8.53. The zero-order chi connectivity index (χ0) is 26.6. The van der Waals surface area contributed by atoms with Crippen LogP contribution in [0.2, 0.25) is 0 Å². The molecule has 2 fully saturated rings. The predicted octanol–water partition coefficient (Wildman–Crippen LogP) is 2.40. The predicted molar refractivity (Wildman–Crippen MR) is 141 cm³/mol. The second kappa shape index (κ2) is 11.6. The van der Waals surface area contributed by atoms with Crippen LogP contribution in [0, 0.1) is 17.1 Å². The number of fused-ring (bicyclic) bond motifs is 1. The quantitative estimate of drug-likeness (QED) is 0.445. The van der Waals surface area contributed by atoms with Gasteiger partial charge in [0.15, 0.2) is 0 Å². The molecule has 1 amide bonds. The first-order valence-electron chi connectivity index (χ1n) is 13.0. The Morgan fingerprint density at radius 2 is 1.97 bits per heavy atom. The maximum atomic E-state index is 15.1. The number of amides is 1. The van der Waals surface area contributed by atoms with E-state index in [1.165, 1.54) is 13.2 Å². The lowest BCUT2D eigenvalue weighted by molar-refractivity contribution is -0.130. The fourth-order valence-corrected chi connectivity index (χ4v) is 5.25. The van der Waals surface area contributed by atoms with E-state index in [0.717, 1.165) is 61.2 Å². The van der Waals surface area contributed by atoms with Gasteiger partial charge in [0.2, 0.25) is 0 Å². The van der Waals surface area contributed by atoms with E-state index in [1.54, 1.807) is 6.07 Å². The summed E-state index contributed by atoms with van der Waals surface area (Å²) in [4.78, 5) is 14.7. The van der Waals surface area contributed by atoms with Gasteiger partial charge in [0, 0.05) is 38.6 Å². The Balaban J connectivity index is 1.30. The molecule has 0 radical (unpaired) electrons. The number of nitriles is 1. The van der Waals surface area contributed by atoms with E-state index in [2.05, 4.69) is 21.0 Å². The summed E-state index contributed by atoms with van der Waals surface area (Å²) in [6.07, 6.45) is 3.14. The van der Waals surface area contributed by atoms with Crippen molar-refractivity contribution in [3.05, 3.63) is 54.0 Å². The van der Waals surface area contributed by atoms with Crippen molar-refractivity contribution >= 4 is 16.8 Å². The van der Waals surface area contributed by atoms with Gasteiger partial charge in [0.05, 0.1) is 43.1 Å². The number of methoxy groups -OCH3 is 1. The van der Waals surface area contributed by atoms with Crippen LogP contribution in [0.25, 0.3) is 22.0 Å². The highest BCUT2D eigenvalue weighted by Gasteiger charge is 2.30. The lowest BCUT2D eigenvalue weighted by Gasteiger charge is -2.41. The second-order valence-corrected chi connectivity index (χ2v) is 9.98. The van der Waals surface area contributed by atoms with E-state index in [-0.39, 0.29) is 13.0 Å². The van der Waals surface area contributed by atoms with Gasteiger partial charge in [-0.25, -0.2) is 4.39 Å². The first kappa shape index (κ1) is 26.3. The molecule has 2 aliphatic rings. The molecule has 2 saturated heterocycles. The van der Waals surface area contributed by atoms with Crippen LogP contribution in [-0.4, -0.2) is 78.7 Å². The van der Waals surface area contributed by atoms with Gasteiger partial charge in [0.25, 0.3) is 5.91 Å². The molecule has 3 N–H and O–H groups in total. The van der Waals surface area contributed by atoms with Gasteiger partial charge in [-0.1, -0.05) is 24.3 Å². The molecule has 3 heterocycles. The molecule has 0 unspecified atom stereocenters. The first-order valence-corrected chi connectivity index (χ1v) is 13.0. The van der Waals surface area contributed by atoms with E-state index in [9.17, 15) is 10.1 Å². The number of likely N-dealkylation sites (tertiary alicyclic amines) is 1. The summed E-state index contributed by atoms with van der Waals surface area (Å²) in [6.45, 7) is 3.73. The normalized spacial score (nSPS) is 18.6. The van der Waals surface area contributed by atoms with Gasteiger partial charge in [-0.15, -0.1) is 0 Å². The van der Waals surface area contributed by atoms with Gasteiger partial charge in [-0.3, -0.25) is 14.4 Å². The van der Waals surface area contributed by atoms with Crippen molar-refractivity contribution in [1.29, 1.82) is 5.26 Å². The highest BCUT2D eigenvalue weighted by atomic mass is 19.1. The average molecular weight is 521 g/mol. The molecular formula is C28H33FN6O3. The van der Waals surface area contributed by atoms with Crippen LogP contribution in [0.5, 0.6) is 0 Å². The monoisotopic (exact) mass is 520 g/mol. The van der Waals surface area contributed by atoms with Crippen molar-refractivity contribution in [2.75, 3.05) is 40.0 Å². The first-order chi connectivity index (χ1) is 18.5. The molecule has 5 rings (SSSR count). The van der Waals surface area contributed by atoms with Gasteiger partial charge >= 0.3 is 0 Å². The molecule has 0 bridgehead atoms. The highest BCUT2D eigenvalue weighted by Crippen LogP contribution is 2.31. The topological polar surface area (TPSA) is 118 Å². The standard InChI is InChI=1S/C28H33FN6O3/c1-37-27(14-31)28(36)33-22(13-30)10-20-4-2-18(11-25(20)29)19-3-5-21-15-32-35(26(21)12-19)23-6-8-34(9-7-23)24-16-38-17-24/h2-5,11-12,15,22-24,27H,6-10,14,16-17,31H2,1H3,(H,33,36)/t22-,27-/m0/s1. The molecule has 2 aliphatic heterocycles. The van der Waals surface area contributed by atoms with Crippen LogP contribution in [-0.2, 0) is 20.7 Å². The second-order valence-electron chi connectivity index (χ2n) is 9.98. The summed E-state index contributed by atoms with van der Waals surface area (Å²) in [5.74, 6) is -0.925. The van der Waals surface area contributed by atoms with E-state index in [4.69, 9.17) is 20.3 Å². The zero-order valence-electron chi connectivity index (χ0n) is 21.5. The Morgan fingerprint density at radius 3 is 2.61 bits per heavy atom. The molecule has 38 heavy (non-hydrogen) atoms. The number of rotatable bonds is 9. The Kier molecular flexibility index (Phi) is 8.00. The van der Waals surface area contributed by atoms with E-state index in [0.29, 0.717) is 17.6 Å². The van der Waals surface area contributed by atoms with E-state index >= 15 is 4.39 Å². The number of hydrogen-bond donors (Lipinski definition) is 2. The molecule has 200 valence electrons. The molecule has 0 spiro atoms. The smallest absolute Gasteiger partial charge is 0.251 e. The van der Waals surface area contributed by atoms with Crippen molar-refractivity contribution < 1.29 is 18.7 Å². The number of hydrogen-bond acceptors (Lipinski definition) is 7. The summed E-state index contributed by atoms with van der Waals surface area (Å²) in [7, 11) is 1.37. The fraction of sp³-hybridized carbons (Fsp3) is 0.464. The third kappa shape index (κ3) is 5.42. The summed E-state index contributed by atoms with van der Waals surface area (Å²) >= 11 is 0. The van der Waals surface area contributed by atoms with Crippen LogP contribution in [0.3, 0.4) is 0 Å². The number of ether oxygens (including phenoxy) is 2. The number of carbonyl (C=O) groups excluding carboxylic acids is 1. The third-order valence-electron chi connectivity index (χ3n) is 7.65. The number of halogens is 1. The number of nitrogens with zero attached hydrogens (tertiary/aromatic N) is 4. The number of nitrogens with two attached hydrogens (primary N) is 1. The van der Waals surface area contributed by atoms with Crippen LogP contribution in [0.4, 0.5) is 4.39 Å². The Hall–Kier alpha value is -3.36. The van der Waals surface area contributed by atoms with Gasteiger partial charge < -0.3 is 20.5 Å². The van der Waals surface area contributed by atoms with E-state index in [1.807, 2.05) is 30.5 Å². The molecule has 2 aromatic carbocycles. The SMILES string of the molecule is CO[C@@H](CN)C(=O)N[C@H](C#N)Cc1ccc(-c2ccc3cnn(C4CCN(C5COC5)CC4)c3c2)cc1F. The molecule has 0 aliphatic carbocycles. The van der Waals surface area contributed by atoms with Crippen molar-refractivity contribution in [2.24, 2.45) is 5.73 Å². The molecular weight excluding hydrogens is 487 g/mol. The fourth-order valence-electron chi connectivity index (χ4n) is 5.25. The van der Waals surface area contributed by atoms with Crippen LogP contribution in [0.15, 0.2) is 42.6 Å². The maximum Gasteiger partial charge on any atom is 0.251 e. The van der Waals surface area contributed by atoms with Crippen LogP contribution >= 0.6 is 0 Å². The minimum atomic E-state index is -0.902. The van der Waals surface area contributed by atoms with Crippen molar-refractivity contribution in [2.45, 2.75) is 43.5 Å². The molecule has 9 nitrogen and oxygen atoms in total. The number of carbonyl (C=O) groups is 1. The molecule has 2 atom stereocenters. The Morgan fingerprint density at radius 1 is 1.24 bits per heavy atom. The number of piperidine rings is 1. The number of benzene rings is 2. The van der Waals surface area contributed by atoms with E-state index < -0.39 is 23.9 Å².